The summed E-state index contributed by atoms with van der Waals surface area (Å²) in [4.78, 5) is 14.3. The Morgan fingerprint density at radius 1 is 1.05 bits per heavy atom. The summed E-state index contributed by atoms with van der Waals surface area (Å²) in [5.74, 6) is -0.216. The zero-order valence-electron chi connectivity index (χ0n) is 12.4. The van der Waals surface area contributed by atoms with Crippen LogP contribution in [0.3, 0.4) is 0 Å². The van der Waals surface area contributed by atoms with Gasteiger partial charge in [-0.3, -0.25) is 4.79 Å². The number of carbonyl (C=O) groups is 1. The van der Waals surface area contributed by atoms with Gasteiger partial charge in [-0.2, -0.15) is 0 Å². The van der Waals surface area contributed by atoms with Crippen molar-refractivity contribution in [3.05, 3.63) is 76.4 Å². The van der Waals surface area contributed by atoms with E-state index >= 15 is 0 Å². The third-order valence-electron chi connectivity index (χ3n) is 3.60. The monoisotopic (exact) mass is 308 g/mol. The molecule has 1 heterocycles. The van der Waals surface area contributed by atoms with Crippen molar-refractivity contribution >= 4 is 30.4 Å². The van der Waals surface area contributed by atoms with Gasteiger partial charge in [0.05, 0.1) is 4.88 Å². The summed E-state index contributed by atoms with van der Waals surface area (Å²) in [5, 5.41) is 0. The molecule has 0 amide bonds. The van der Waals surface area contributed by atoms with Gasteiger partial charge in [-0.15, -0.1) is 11.3 Å². The number of ketones is 1. The quantitative estimate of drug-likeness (QED) is 0.536. The average molecular weight is 308 g/mol. The van der Waals surface area contributed by atoms with Crippen molar-refractivity contribution in [1.82, 2.24) is 0 Å². The lowest BCUT2D eigenvalue weighted by Crippen LogP contribution is -2.09. The zero-order chi connectivity index (χ0) is 15.7. The van der Waals surface area contributed by atoms with Crippen molar-refractivity contribution < 1.29 is 9.18 Å². The largest absolute Gasteiger partial charge is 0.288 e. The first-order valence-electron chi connectivity index (χ1n) is 7.02. The van der Waals surface area contributed by atoms with Crippen LogP contribution in [0, 0.1) is 12.7 Å². The fraction of sp³-hybridized carbons (Fsp3) is 0.0556. The molecule has 0 saturated heterocycles. The number of hydrogen-bond acceptors (Lipinski definition) is 2. The molecule has 0 unspecified atom stereocenters. The molecule has 22 heavy (non-hydrogen) atoms. The number of aryl methyl sites for hydroxylation is 1. The van der Waals surface area contributed by atoms with Gasteiger partial charge in [-0.1, -0.05) is 35.8 Å². The van der Waals surface area contributed by atoms with E-state index in [1.165, 1.54) is 23.5 Å². The number of carbonyl (C=O) groups excluding carboxylic acids is 1. The SMILES string of the molecule is Bc1ccc(C)c(C(=O)c2ccc(-c3ccc(F)cc3)s2)c1. The highest BCUT2D eigenvalue weighted by molar-refractivity contribution is 7.17. The van der Waals surface area contributed by atoms with E-state index in [4.69, 9.17) is 0 Å². The van der Waals surface area contributed by atoms with Crippen LogP contribution >= 0.6 is 11.3 Å². The van der Waals surface area contributed by atoms with E-state index in [0.717, 1.165) is 27.0 Å². The van der Waals surface area contributed by atoms with Gasteiger partial charge in [0.2, 0.25) is 5.78 Å². The molecule has 0 bridgehead atoms. The maximum atomic E-state index is 13.0. The van der Waals surface area contributed by atoms with Crippen molar-refractivity contribution in [2.24, 2.45) is 0 Å². The summed E-state index contributed by atoms with van der Waals surface area (Å²) in [6.45, 7) is 1.95. The lowest BCUT2D eigenvalue weighted by atomic mass is 9.91. The van der Waals surface area contributed by atoms with Gasteiger partial charge in [0, 0.05) is 10.4 Å². The fourth-order valence-electron chi connectivity index (χ4n) is 2.34. The standard InChI is InChI=1S/C18H14BFOS/c1-11-2-5-13(19)10-15(11)18(21)17-9-8-16(22-17)12-3-6-14(20)7-4-12/h2-10H,19H2,1H3. The highest BCUT2D eigenvalue weighted by atomic mass is 32.1. The Balaban J connectivity index is 1.95. The minimum atomic E-state index is -0.257. The predicted molar refractivity (Wildman–Crippen MR) is 92.5 cm³/mol. The second-order valence-corrected chi connectivity index (χ2v) is 6.40. The summed E-state index contributed by atoms with van der Waals surface area (Å²) in [7, 11) is 1.98. The van der Waals surface area contributed by atoms with Crippen molar-refractivity contribution in [1.29, 1.82) is 0 Å². The summed E-state index contributed by atoms with van der Waals surface area (Å²) >= 11 is 1.44. The summed E-state index contributed by atoms with van der Waals surface area (Å²) in [5.41, 5.74) is 3.72. The van der Waals surface area contributed by atoms with Gasteiger partial charge in [0.25, 0.3) is 0 Å². The maximum Gasteiger partial charge on any atom is 0.203 e. The molecule has 0 saturated carbocycles. The molecule has 108 valence electrons. The summed E-state index contributed by atoms with van der Waals surface area (Å²) < 4.78 is 13.0. The molecule has 0 aliphatic heterocycles. The lowest BCUT2D eigenvalue weighted by molar-refractivity contribution is 0.104. The Morgan fingerprint density at radius 3 is 2.50 bits per heavy atom. The van der Waals surface area contributed by atoms with Crippen LogP contribution in [-0.2, 0) is 0 Å². The number of hydrogen-bond donors (Lipinski definition) is 0. The van der Waals surface area contributed by atoms with Gasteiger partial charge in [-0.05, 0) is 42.3 Å². The Labute approximate surface area is 133 Å². The van der Waals surface area contributed by atoms with Gasteiger partial charge >= 0.3 is 0 Å². The first-order valence-corrected chi connectivity index (χ1v) is 7.84. The number of thiophene rings is 1. The second kappa shape index (κ2) is 5.89. The molecule has 0 fully saturated rings. The summed E-state index contributed by atoms with van der Waals surface area (Å²) in [6, 6.07) is 16.0. The third kappa shape index (κ3) is 2.88. The minimum Gasteiger partial charge on any atom is -0.288 e. The Morgan fingerprint density at radius 2 is 1.77 bits per heavy atom. The van der Waals surface area contributed by atoms with Crippen LogP contribution < -0.4 is 5.46 Å². The van der Waals surface area contributed by atoms with E-state index in [9.17, 15) is 9.18 Å². The number of benzene rings is 2. The maximum absolute atomic E-state index is 13.0. The normalized spacial score (nSPS) is 10.6. The van der Waals surface area contributed by atoms with E-state index in [2.05, 4.69) is 0 Å². The molecule has 1 nitrogen and oxygen atoms in total. The first kappa shape index (κ1) is 14.7. The lowest BCUT2D eigenvalue weighted by Gasteiger charge is -2.04. The summed E-state index contributed by atoms with van der Waals surface area (Å²) in [6.07, 6.45) is 0. The Bertz CT molecular complexity index is 837. The zero-order valence-corrected chi connectivity index (χ0v) is 13.2. The van der Waals surface area contributed by atoms with Crippen molar-refractivity contribution in [3.8, 4) is 10.4 Å². The molecule has 1 aromatic heterocycles. The van der Waals surface area contributed by atoms with Crippen LogP contribution in [-0.4, -0.2) is 13.6 Å². The smallest absolute Gasteiger partial charge is 0.203 e. The third-order valence-corrected chi connectivity index (χ3v) is 4.73. The molecule has 0 spiro atoms. The molecule has 4 heteroatoms. The number of rotatable bonds is 3. The molecule has 0 N–H and O–H groups in total. The molecule has 3 rings (SSSR count). The second-order valence-electron chi connectivity index (χ2n) is 5.32. The van der Waals surface area contributed by atoms with Crippen LogP contribution in [0.1, 0.15) is 20.8 Å². The van der Waals surface area contributed by atoms with Crippen LogP contribution in [0.4, 0.5) is 4.39 Å². The molecule has 3 aromatic rings. The van der Waals surface area contributed by atoms with Crippen LogP contribution in [0.2, 0.25) is 0 Å². The highest BCUT2D eigenvalue weighted by Gasteiger charge is 2.15. The molecule has 2 aromatic carbocycles. The highest BCUT2D eigenvalue weighted by Crippen LogP contribution is 2.29. The molecular formula is C18H14BFOS. The van der Waals surface area contributed by atoms with Gasteiger partial charge < -0.3 is 0 Å². The Kier molecular flexibility index (Phi) is 3.95. The van der Waals surface area contributed by atoms with Crippen molar-refractivity contribution in [2.75, 3.05) is 0 Å². The minimum absolute atomic E-state index is 0.0413. The van der Waals surface area contributed by atoms with Gasteiger partial charge in [-0.25, -0.2) is 4.39 Å². The van der Waals surface area contributed by atoms with E-state index in [0.29, 0.717) is 4.88 Å². The van der Waals surface area contributed by atoms with Crippen molar-refractivity contribution in [3.63, 3.8) is 0 Å². The first-order chi connectivity index (χ1) is 10.5. The average Bonchev–Trinajstić information content (AvgIpc) is 2.99. The molecular weight excluding hydrogens is 294 g/mol. The fourth-order valence-corrected chi connectivity index (χ4v) is 3.31. The molecule has 0 radical (unpaired) electrons. The van der Waals surface area contributed by atoms with E-state index in [1.807, 2.05) is 45.1 Å². The van der Waals surface area contributed by atoms with Crippen molar-refractivity contribution in [2.45, 2.75) is 6.92 Å². The van der Waals surface area contributed by atoms with Crippen LogP contribution in [0.25, 0.3) is 10.4 Å². The molecule has 0 atom stereocenters. The number of halogens is 1. The van der Waals surface area contributed by atoms with E-state index in [1.54, 1.807) is 12.1 Å². The van der Waals surface area contributed by atoms with E-state index < -0.39 is 0 Å². The molecule has 0 aliphatic rings. The van der Waals surface area contributed by atoms with Crippen LogP contribution in [0.15, 0.2) is 54.6 Å². The predicted octanol–water partition coefficient (Wildman–Crippen LogP) is 3.35. The van der Waals surface area contributed by atoms with Gasteiger partial charge in [0.15, 0.2) is 0 Å². The topological polar surface area (TPSA) is 17.1 Å². The van der Waals surface area contributed by atoms with Gasteiger partial charge in [0.1, 0.15) is 13.7 Å². The van der Waals surface area contributed by atoms with Crippen LogP contribution in [0.5, 0.6) is 0 Å². The Hall–Kier alpha value is -2.20. The van der Waals surface area contributed by atoms with E-state index in [-0.39, 0.29) is 11.6 Å². The molecule has 0 aliphatic carbocycles.